The van der Waals surface area contributed by atoms with Crippen molar-refractivity contribution in [2.45, 2.75) is 50.5 Å². The minimum Gasteiger partial charge on any atom is -0.379 e. The van der Waals surface area contributed by atoms with E-state index in [9.17, 15) is 9.90 Å². The van der Waals surface area contributed by atoms with Gasteiger partial charge < -0.3 is 10.8 Å². The first-order valence-corrected chi connectivity index (χ1v) is 6.85. The van der Waals surface area contributed by atoms with Gasteiger partial charge in [0, 0.05) is 6.54 Å². The molecule has 4 nitrogen and oxygen atoms in total. The molecule has 4 heteroatoms. The van der Waals surface area contributed by atoms with E-state index in [2.05, 4.69) is 4.90 Å². The average Bonchev–Trinajstić information content (AvgIpc) is 2.79. The Labute approximate surface area is 103 Å². The second kappa shape index (κ2) is 5.36. The highest BCUT2D eigenvalue weighted by atomic mass is 16.3. The van der Waals surface area contributed by atoms with Crippen LogP contribution in [0.2, 0.25) is 0 Å². The summed E-state index contributed by atoms with van der Waals surface area (Å²) in [5, 5.41) is 10.1. The van der Waals surface area contributed by atoms with Gasteiger partial charge in [0.05, 0.1) is 0 Å². The lowest BCUT2D eigenvalue weighted by molar-refractivity contribution is -0.142. The zero-order valence-electron chi connectivity index (χ0n) is 10.5. The maximum atomic E-state index is 11.2. The van der Waals surface area contributed by atoms with Gasteiger partial charge in [-0.1, -0.05) is 25.7 Å². The molecule has 1 atom stereocenters. The van der Waals surface area contributed by atoms with E-state index < -0.39 is 11.5 Å². The highest BCUT2D eigenvalue weighted by Gasteiger charge is 2.38. The molecule has 0 radical (unpaired) electrons. The Morgan fingerprint density at radius 2 is 2.06 bits per heavy atom. The first-order valence-electron chi connectivity index (χ1n) is 6.85. The number of likely N-dealkylation sites (tertiary alicyclic amines) is 1. The predicted molar refractivity (Wildman–Crippen MR) is 66.4 cm³/mol. The molecule has 1 amide bonds. The molecule has 1 unspecified atom stereocenters. The van der Waals surface area contributed by atoms with Gasteiger partial charge in [-0.15, -0.1) is 0 Å². The van der Waals surface area contributed by atoms with E-state index in [0.29, 0.717) is 13.0 Å². The number of β-amino-alcohol motifs (C(OH)–C–C–N with tert-alkyl or cyclic N) is 1. The molecule has 2 fully saturated rings. The molecule has 0 bridgehead atoms. The summed E-state index contributed by atoms with van der Waals surface area (Å²) in [5.74, 6) is 0.293. The minimum atomic E-state index is -1.28. The first-order chi connectivity index (χ1) is 8.10. The molecule has 0 aromatic carbocycles. The summed E-state index contributed by atoms with van der Waals surface area (Å²) in [4.78, 5) is 13.4. The number of nitrogens with two attached hydrogens (primary N) is 1. The highest BCUT2D eigenvalue weighted by Crippen LogP contribution is 2.28. The van der Waals surface area contributed by atoms with E-state index in [1.54, 1.807) is 0 Å². The van der Waals surface area contributed by atoms with Crippen LogP contribution in [0.5, 0.6) is 0 Å². The fourth-order valence-corrected chi connectivity index (χ4v) is 3.18. The third-order valence-corrected chi connectivity index (χ3v) is 4.34. The molecule has 0 aromatic heterocycles. The van der Waals surface area contributed by atoms with Crippen molar-refractivity contribution >= 4 is 5.91 Å². The Kier molecular flexibility index (Phi) is 4.05. The number of carbonyl (C=O) groups is 1. The smallest absolute Gasteiger partial charge is 0.250 e. The first kappa shape index (κ1) is 12.8. The van der Waals surface area contributed by atoms with Gasteiger partial charge in [0.1, 0.15) is 0 Å². The Bertz CT molecular complexity index is 277. The summed E-state index contributed by atoms with van der Waals surface area (Å²) in [7, 11) is 0. The quantitative estimate of drug-likeness (QED) is 0.766. The van der Waals surface area contributed by atoms with Crippen molar-refractivity contribution in [3.05, 3.63) is 0 Å². The summed E-state index contributed by atoms with van der Waals surface area (Å²) in [6.07, 6.45) is 8.04. The summed E-state index contributed by atoms with van der Waals surface area (Å²) in [6.45, 7) is 2.41. The van der Waals surface area contributed by atoms with Crippen molar-refractivity contribution in [2.24, 2.45) is 11.7 Å². The number of rotatable bonds is 4. The number of carbonyl (C=O) groups excluding carboxylic acids is 1. The van der Waals surface area contributed by atoms with Crippen molar-refractivity contribution in [1.82, 2.24) is 4.90 Å². The second-order valence-corrected chi connectivity index (χ2v) is 5.71. The molecule has 1 saturated carbocycles. The molecular weight excluding hydrogens is 216 g/mol. The van der Waals surface area contributed by atoms with Crippen LogP contribution in [0.3, 0.4) is 0 Å². The van der Waals surface area contributed by atoms with Gasteiger partial charge in [0.2, 0.25) is 0 Å². The molecule has 1 aliphatic heterocycles. The van der Waals surface area contributed by atoms with Crippen molar-refractivity contribution < 1.29 is 9.90 Å². The van der Waals surface area contributed by atoms with Crippen LogP contribution in [0, 0.1) is 5.92 Å². The molecule has 1 saturated heterocycles. The van der Waals surface area contributed by atoms with Crippen LogP contribution in [0.15, 0.2) is 0 Å². The van der Waals surface area contributed by atoms with Gasteiger partial charge in [-0.25, -0.2) is 0 Å². The molecule has 2 aliphatic rings. The van der Waals surface area contributed by atoms with E-state index in [1.807, 2.05) is 0 Å². The third-order valence-electron chi connectivity index (χ3n) is 4.34. The van der Waals surface area contributed by atoms with E-state index in [1.165, 1.54) is 32.1 Å². The van der Waals surface area contributed by atoms with Gasteiger partial charge in [-0.3, -0.25) is 9.69 Å². The van der Waals surface area contributed by atoms with Crippen LogP contribution in [-0.4, -0.2) is 41.1 Å². The van der Waals surface area contributed by atoms with Gasteiger partial charge in [-0.05, 0) is 38.3 Å². The zero-order chi connectivity index (χ0) is 12.3. The SMILES string of the molecule is NC(=O)C1(O)CCCN(CCC2CCCC2)C1. The van der Waals surface area contributed by atoms with Crippen molar-refractivity contribution in [3.63, 3.8) is 0 Å². The summed E-state index contributed by atoms with van der Waals surface area (Å²) in [5.41, 5.74) is 3.98. The van der Waals surface area contributed by atoms with Gasteiger partial charge in [0.25, 0.3) is 5.91 Å². The van der Waals surface area contributed by atoms with E-state index in [0.717, 1.165) is 25.4 Å². The number of primary amides is 1. The molecule has 3 N–H and O–H groups in total. The Morgan fingerprint density at radius 3 is 2.71 bits per heavy atom. The van der Waals surface area contributed by atoms with Crippen LogP contribution >= 0.6 is 0 Å². The highest BCUT2D eigenvalue weighted by molar-refractivity contribution is 5.83. The van der Waals surface area contributed by atoms with Gasteiger partial charge >= 0.3 is 0 Å². The van der Waals surface area contributed by atoms with Crippen LogP contribution in [-0.2, 0) is 4.79 Å². The number of amides is 1. The van der Waals surface area contributed by atoms with Gasteiger partial charge in [-0.2, -0.15) is 0 Å². The molecule has 1 heterocycles. The Morgan fingerprint density at radius 1 is 1.35 bits per heavy atom. The molecule has 0 spiro atoms. The zero-order valence-corrected chi connectivity index (χ0v) is 10.5. The van der Waals surface area contributed by atoms with E-state index in [4.69, 9.17) is 5.73 Å². The van der Waals surface area contributed by atoms with Crippen LogP contribution in [0.25, 0.3) is 0 Å². The van der Waals surface area contributed by atoms with Crippen LogP contribution < -0.4 is 5.73 Å². The van der Waals surface area contributed by atoms with Crippen LogP contribution in [0.4, 0.5) is 0 Å². The molecule has 17 heavy (non-hydrogen) atoms. The maximum absolute atomic E-state index is 11.2. The number of hydrogen-bond donors (Lipinski definition) is 2. The van der Waals surface area contributed by atoms with Crippen LogP contribution in [0.1, 0.15) is 44.9 Å². The molecule has 98 valence electrons. The van der Waals surface area contributed by atoms with Crippen molar-refractivity contribution in [2.75, 3.05) is 19.6 Å². The monoisotopic (exact) mass is 240 g/mol. The lowest BCUT2D eigenvalue weighted by Crippen LogP contribution is -2.55. The van der Waals surface area contributed by atoms with E-state index in [-0.39, 0.29) is 0 Å². The summed E-state index contributed by atoms with van der Waals surface area (Å²) >= 11 is 0. The van der Waals surface area contributed by atoms with Gasteiger partial charge in [0.15, 0.2) is 5.60 Å². The molecule has 2 rings (SSSR count). The standard InChI is InChI=1S/C13H24N2O2/c14-12(16)13(17)7-3-8-15(10-13)9-6-11-4-1-2-5-11/h11,17H,1-10H2,(H2,14,16). The Hall–Kier alpha value is -0.610. The maximum Gasteiger partial charge on any atom is 0.250 e. The topological polar surface area (TPSA) is 66.6 Å². The molecule has 1 aliphatic carbocycles. The van der Waals surface area contributed by atoms with Crippen molar-refractivity contribution in [3.8, 4) is 0 Å². The third kappa shape index (κ3) is 3.19. The second-order valence-electron chi connectivity index (χ2n) is 5.71. The lowest BCUT2D eigenvalue weighted by Gasteiger charge is -2.37. The average molecular weight is 240 g/mol. The molecule has 0 aromatic rings. The largest absolute Gasteiger partial charge is 0.379 e. The number of nitrogens with zero attached hydrogens (tertiary/aromatic N) is 1. The van der Waals surface area contributed by atoms with E-state index >= 15 is 0 Å². The Balaban J connectivity index is 1.78. The number of piperidine rings is 1. The number of hydrogen-bond acceptors (Lipinski definition) is 3. The predicted octanol–water partition coefficient (Wildman–Crippen LogP) is 0.879. The summed E-state index contributed by atoms with van der Waals surface area (Å²) in [6, 6.07) is 0. The minimum absolute atomic E-state index is 0.426. The fourth-order valence-electron chi connectivity index (χ4n) is 3.18. The normalized spacial score (nSPS) is 31.8. The number of aliphatic hydroxyl groups is 1. The summed E-state index contributed by atoms with van der Waals surface area (Å²) < 4.78 is 0. The van der Waals surface area contributed by atoms with Crippen molar-refractivity contribution in [1.29, 1.82) is 0 Å². The lowest BCUT2D eigenvalue weighted by atomic mass is 9.91. The molecular formula is C13H24N2O2. The fraction of sp³-hybridized carbons (Fsp3) is 0.923.